The number of nitrogens with one attached hydrogen (secondary N) is 1. The Labute approximate surface area is 82.3 Å². The van der Waals surface area contributed by atoms with Crippen molar-refractivity contribution >= 4 is 0 Å². The summed E-state index contributed by atoms with van der Waals surface area (Å²) >= 11 is 0. The van der Waals surface area contributed by atoms with Crippen LogP contribution in [0.3, 0.4) is 0 Å². The Balaban J connectivity index is 2.44. The van der Waals surface area contributed by atoms with Gasteiger partial charge in [0.1, 0.15) is 0 Å². The molecule has 0 aliphatic carbocycles. The van der Waals surface area contributed by atoms with Gasteiger partial charge in [0.05, 0.1) is 0 Å². The van der Waals surface area contributed by atoms with E-state index in [-0.39, 0.29) is 0 Å². The summed E-state index contributed by atoms with van der Waals surface area (Å²) in [5, 5.41) is 3.51. The Kier molecular flexibility index (Phi) is 4.20. The van der Waals surface area contributed by atoms with Gasteiger partial charge in [-0.2, -0.15) is 0 Å². The van der Waals surface area contributed by atoms with E-state index in [0.29, 0.717) is 12.0 Å². The number of piperidine rings is 1. The van der Waals surface area contributed by atoms with Gasteiger partial charge in [-0.15, -0.1) is 0 Å². The maximum atomic E-state index is 5.77. The molecule has 3 unspecified atom stereocenters. The van der Waals surface area contributed by atoms with Crippen molar-refractivity contribution in [1.29, 1.82) is 0 Å². The van der Waals surface area contributed by atoms with E-state index in [4.69, 9.17) is 5.73 Å². The lowest BCUT2D eigenvalue weighted by Crippen LogP contribution is -2.45. The van der Waals surface area contributed by atoms with Crippen LogP contribution in [-0.2, 0) is 0 Å². The zero-order valence-corrected chi connectivity index (χ0v) is 9.22. The molecule has 1 rings (SSSR count). The maximum absolute atomic E-state index is 5.77. The molecule has 1 aliphatic rings. The van der Waals surface area contributed by atoms with Crippen LogP contribution in [0.25, 0.3) is 0 Å². The maximum Gasteiger partial charge on any atom is 0.00416 e. The number of nitrogens with two attached hydrogens (primary N) is 1. The molecule has 1 fully saturated rings. The van der Waals surface area contributed by atoms with Gasteiger partial charge in [-0.25, -0.2) is 0 Å². The first-order chi connectivity index (χ1) is 6.13. The highest BCUT2D eigenvalue weighted by Gasteiger charge is 2.27. The third kappa shape index (κ3) is 3.28. The van der Waals surface area contributed by atoms with Crippen LogP contribution in [0, 0.1) is 17.8 Å². The van der Waals surface area contributed by atoms with Crippen molar-refractivity contribution in [2.75, 3.05) is 13.1 Å². The first kappa shape index (κ1) is 11.0. The van der Waals surface area contributed by atoms with Gasteiger partial charge >= 0.3 is 0 Å². The summed E-state index contributed by atoms with van der Waals surface area (Å²) in [6.07, 6.45) is 2.65. The molecule has 0 amide bonds. The fourth-order valence-electron chi connectivity index (χ4n) is 2.42. The van der Waals surface area contributed by atoms with E-state index in [9.17, 15) is 0 Å². The van der Waals surface area contributed by atoms with E-state index in [1.54, 1.807) is 0 Å². The third-order valence-corrected chi connectivity index (χ3v) is 3.13. The molecule has 0 aromatic heterocycles. The van der Waals surface area contributed by atoms with Crippen molar-refractivity contribution < 1.29 is 0 Å². The molecule has 2 nitrogen and oxygen atoms in total. The van der Waals surface area contributed by atoms with Crippen molar-refractivity contribution in [2.45, 2.75) is 39.7 Å². The predicted molar refractivity (Wildman–Crippen MR) is 57.6 cm³/mol. The summed E-state index contributed by atoms with van der Waals surface area (Å²) in [4.78, 5) is 0. The third-order valence-electron chi connectivity index (χ3n) is 3.13. The topological polar surface area (TPSA) is 38.0 Å². The standard InChI is InChI=1S/C11H24N2/c1-8(2)4-10-5-9(3)13-7-11(10)6-12/h8-11,13H,4-7,12H2,1-3H3. The van der Waals surface area contributed by atoms with Crippen LogP contribution in [0.2, 0.25) is 0 Å². The van der Waals surface area contributed by atoms with Crippen molar-refractivity contribution in [3.63, 3.8) is 0 Å². The second-order valence-corrected chi connectivity index (χ2v) is 4.93. The molecule has 3 N–H and O–H groups in total. The average molecular weight is 184 g/mol. The van der Waals surface area contributed by atoms with Crippen molar-refractivity contribution in [2.24, 2.45) is 23.5 Å². The zero-order chi connectivity index (χ0) is 9.84. The van der Waals surface area contributed by atoms with E-state index in [1.807, 2.05) is 0 Å². The number of rotatable bonds is 3. The van der Waals surface area contributed by atoms with Crippen molar-refractivity contribution in [3.8, 4) is 0 Å². The molecular weight excluding hydrogens is 160 g/mol. The van der Waals surface area contributed by atoms with E-state index in [2.05, 4.69) is 26.1 Å². The van der Waals surface area contributed by atoms with Crippen LogP contribution < -0.4 is 11.1 Å². The first-order valence-electron chi connectivity index (χ1n) is 5.57. The van der Waals surface area contributed by atoms with Crippen molar-refractivity contribution in [3.05, 3.63) is 0 Å². The van der Waals surface area contributed by atoms with Gasteiger partial charge in [-0.05, 0) is 50.6 Å². The summed E-state index contributed by atoms with van der Waals surface area (Å²) < 4.78 is 0. The van der Waals surface area contributed by atoms with E-state index >= 15 is 0 Å². The van der Waals surface area contributed by atoms with Gasteiger partial charge in [-0.1, -0.05) is 13.8 Å². The lowest BCUT2D eigenvalue weighted by molar-refractivity contribution is 0.193. The van der Waals surface area contributed by atoms with Gasteiger partial charge in [0.15, 0.2) is 0 Å². The fraction of sp³-hybridized carbons (Fsp3) is 1.00. The molecule has 1 aliphatic heterocycles. The SMILES string of the molecule is CC(C)CC1CC(C)NCC1CN. The lowest BCUT2D eigenvalue weighted by atomic mass is 9.78. The molecule has 2 heteroatoms. The van der Waals surface area contributed by atoms with Gasteiger partial charge < -0.3 is 11.1 Å². The summed E-state index contributed by atoms with van der Waals surface area (Å²) in [7, 11) is 0. The monoisotopic (exact) mass is 184 g/mol. The molecule has 78 valence electrons. The summed E-state index contributed by atoms with van der Waals surface area (Å²) in [6.45, 7) is 8.85. The Hall–Kier alpha value is -0.0800. The average Bonchev–Trinajstić information content (AvgIpc) is 2.03. The summed E-state index contributed by atoms with van der Waals surface area (Å²) in [5.74, 6) is 2.36. The van der Waals surface area contributed by atoms with Crippen LogP contribution in [0.15, 0.2) is 0 Å². The Morgan fingerprint density at radius 2 is 2.08 bits per heavy atom. The minimum Gasteiger partial charge on any atom is -0.330 e. The smallest absolute Gasteiger partial charge is 0.00416 e. The molecule has 0 saturated carbocycles. The normalized spacial score (nSPS) is 35.3. The summed E-state index contributed by atoms with van der Waals surface area (Å²) in [6, 6.07) is 0.687. The number of hydrogen-bond acceptors (Lipinski definition) is 2. The van der Waals surface area contributed by atoms with E-state index in [1.165, 1.54) is 12.8 Å². The Morgan fingerprint density at radius 1 is 1.38 bits per heavy atom. The van der Waals surface area contributed by atoms with Crippen LogP contribution in [-0.4, -0.2) is 19.1 Å². The second-order valence-electron chi connectivity index (χ2n) is 4.93. The molecule has 3 atom stereocenters. The van der Waals surface area contributed by atoms with Gasteiger partial charge in [0, 0.05) is 6.04 Å². The van der Waals surface area contributed by atoms with Gasteiger partial charge in [0.2, 0.25) is 0 Å². The predicted octanol–water partition coefficient (Wildman–Crippen LogP) is 1.61. The number of hydrogen-bond donors (Lipinski definition) is 2. The largest absolute Gasteiger partial charge is 0.330 e. The molecule has 0 aromatic rings. The summed E-state index contributed by atoms with van der Waals surface area (Å²) in [5.41, 5.74) is 5.77. The molecule has 0 bridgehead atoms. The van der Waals surface area contributed by atoms with E-state index < -0.39 is 0 Å². The molecule has 1 saturated heterocycles. The Morgan fingerprint density at radius 3 is 2.62 bits per heavy atom. The van der Waals surface area contributed by atoms with Crippen LogP contribution in [0.4, 0.5) is 0 Å². The quantitative estimate of drug-likeness (QED) is 0.699. The van der Waals surface area contributed by atoms with Crippen LogP contribution in [0.5, 0.6) is 0 Å². The second kappa shape index (κ2) is 4.97. The molecular formula is C11H24N2. The minimum atomic E-state index is 0.687. The molecule has 0 aromatic carbocycles. The van der Waals surface area contributed by atoms with Gasteiger partial charge in [0.25, 0.3) is 0 Å². The van der Waals surface area contributed by atoms with Crippen molar-refractivity contribution in [1.82, 2.24) is 5.32 Å². The Bertz CT molecular complexity index is 143. The van der Waals surface area contributed by atoms with Crippen LogP contribution in [0.1, 0.15) is 33.6 Å². The zero-order valence-electron chi connectivity index (χ0n) is 9.22. The van der Waals surface area contributed by atoms with E-state index in [0.717, 1.165) is 24.9 Å². The highest BCUT2D eigenvalue weighted by molar-refractivity contribution is 4.83. The minimum absolute atomic E-state index is 0.687. The molecule has 13 heavy (non-hydrogen) atoms. The first-order valence-corrected chi connectivity index (χ1v) is 5.57. The molecule has 1 heterocycles. The van der Waals surface area contributed by atoms with Crippen LogP contribution >= 0.6 is 0 Å². The lowest BCUT2D eigenvalue weighted by Gasteiger charge is -2.36. The molecule has 0 radical (unpaired) electrons. The highest BCUT2D eigenvalue weighted by Crippen LogP contribution is 2.27. The fourth-order valence-corrected chi connectivity index (χ4v) is 2.42. The van der Waals surface area contributed by atoms with Gasteiger partial charge in [-0.3, -0.25) is 0 Å². The highest BCUT2D eigenvalue weighted by atomic mass is 14.9. The molecule has 0 spiro atoms.